The van der Waals surface area contributed by atoms with Crippen molar-refractivity contribution >= 4 is 32.7 Å². The van der Waals surface area contributed by atoms with E-state index in [1.54, 1.807) is 0 Å². The van der Waals surface area contributed by atoms with E-state index in [-0.39, 0.29) is 37.6 Å². The Morgan fingerprint density at radius 3 is 1.94 bits per heavy atom. The van der Waals surface area contributed by atoms with Crippen LogP contribution in [0.15, 0.2) is 170 Å². The van der Waals surface area contributed by atoms with Crippen LogP contribution >= 0.6 is 0 Å². The Kier molecular flexibility index (Phi) is 11.0. The van der Waals surface area contributed by atoms with Crippen molar-refractivity contribution in [3.05, 3.63) is 193 Å². The van der Waals surface area contributed by atoms with E-state index in [4.69, 9.17) is 9.97 Å². The van der Waals surface area contributed by atoms with Gasteiger partial charge in [-0.2, -0.15) is 0 Å². The van der Waals surface area contributed by atoms with Gasteiger partial charge in [0, 0.05) is 43.9 Å². The summed E-state index contributed by atoms with van der Waals surface area (Å²) in [5, 5.41) is 15.2. The fourth-order valence-electron chi connectivity index (χ4n) is 9.04. The number of fused-ring (bicyclic) bond motifs is 3. The molecule has 0 unspecified atom stereocenters. The summed E-state index contributed by atoms with van der Waals surface area (Å²) in [7, 11) is 0. The van der Waals surface area contributed by atoms with Crippen LogP contribution in [-0.4, -0.2) is 19.6 Å². The van der Waals surface area contributed by atoms with Gasteiger partial charge in [-0.25, -0.2) is 4.98 Å². The van der Waals surface area contributed by atoms with Crippen LogP contribution in [0.4, 0.5) is 0 Å². The predicted octanol–water partition coefficient (Wildman–Crippen LogP) is 15.5. The van der Waals surface area contributed by atoms with Gasteiger partial charge >= 0.3 is 0 Å². The standard InChI is InChI=1S/C59H50N3O.Pt/c1-37-31-32-60-56-49(29-28-48(54(37)56)39-15-9-8-10-16-39)40-19-13-20-41(33-40)50-34-42(47-22-14-18-38-17-11-12-21-46(38)47)35-52-55(50)61-57(51-36-44(59(5,6)7)25-30-53(51)63)62(52)45-26-23-43(24-27-45)58(2,3)4;/h8-32,34-36,63H,1-7H3;/q-1;. The Morgan fingerprint density at radius 1 is 0.531 bits per heavy atom. The molecule has 318 valence electrons. The number of aromatic hydroxyl groups is 1. The van der Waals surface area contributed by atoms with Crippen LogP contribution in [0.2, 0.25) is 0 Å². The van der Waals surface area contributed by atoms with Crippen molar-refractivity contribution < 1.29 is 26.2 Å². The average molecular weight is 1010 g/mol. The van der Waals surface area contributed by atoms with Crippen molar-refractivity contribution in [3.8, 4) is 67.3 Å². The molecule has 10 aromatic rings. The Labute approximate surface area is 390 Å². The number of benzene rings is 8. The summed E-state index contributed by atoms with van der Waals surface area (Å²) >= 11 is 0. The number of hydrogen-bond donors (Lipinski definition) is 1. The maximum atomic E-state index is 11.7. The van der Waals surface area contributed by atoms with E-state index in [0.717, 1.165) is 77.7 Å². The fraction of sp³-hybridized carbons (Fsp3) is 0.153. The van der Waals surface area contributed by atoms with Gasteiger partial charge in [-0.05, 0) is 104 Å². The number of nitrogens with zero attached hydrogens (tertiary/aromatic N) is 3. The molecule has 0 aliphatic heterocycles. The summed E-state index contributed by atoms with van der Waals surface area (Å²) in [5.41, 5.74) is 16.1. The number of rotatable bonds is 6. The van der Waals surface area contributed by atoms with E-state index >= 15 is 0 Å². The predicted molar refractivity (Wildman–Crippen MR) is 264 cm³/mol. The second-order valence-electron chi connectivity index (χ2n) is 18.8. The maximum Gasteiger partial charge on any atom is 0.148 e. The van der Waals surface area contributed by atoms with E-state index in [2.05, 4.69) is 211 Å². The summed E-state index contributed by atoms with van der Waals surface area (Å²) in [6, 6.07) is 61.7. The van der Waals surface area contributed by atoms with Gasteiger partial charge in [-0.15, -0.1) is 35.4 Å². The number of pyridine rings is 1. The molecular weight excluding hydrogens is 962 g/mol. The quantitative estimate of drug-likeness (QED) is 0.169. The summed E-state index contributed by atoms with van der Waals surface area (Å²) in [5.74, 6) is 0.857. The molecule has 0 saturated carbocycles. The molecule has 1 N–H and O–H groups in total. The molecule has 0 aliphatic carbocycles. The molecule has 0 amide bonds. The zero-order chi connectivity index (χ0) is 43.6. The number of phenolic OH excluding ortho intramolecular Hbond substituents is 1. The third kappa shape index (κ3) is 7.65. The van der Waals surface area contributed by atoms with Crippen molar-refractivity contribution in [1.29, 1.82) is 0 Å². The van der Waals surface area contributed by atoms with E-state index in [0.29, 0.717) is 11.4 Å². The third-order valence-corrected chi connectivity index (χ3v) is 12.5. The number of phenols is 1. The third-order valence-electron chi connectivity index (χ3n) is 12.5. The van der Waals surface area contributed by atoms with Crippen LogP contribution in [0, 0.1) is 13.0 Å². The van der Waals surface area contributed by atoms with Gasteiger partial charge in [0.15, 0.2) is 0 Å². The molecule has 0 saturated heterocycles. The smallest absolute Gasteiger partial charge is 0.148 e. The molecule has 0 radical (unpaired) electrons. The summed E-state index contributed by atoms with van der Waals surface area (Å²) in [6.45, 7) is 15.5. The van der Waals surface area contributed by atoms with Gasteiger partial charge in [-0.1, -0.05) is 162 Å². The Bertz CT molecular complexity index is 3360. The zero-order valence-electron chi connectivity index (χ0n) is 37.3. The molecule has 64 heavy (non-hydrogen) atoms. The first-order valence-electron chi connectivity index (χ1n) is 21.8. The molecule has 10 rings (SSSR count). The van der Waals surface area contributed by atoms with Crippen molar-refractivity contribution in [2.24, 2.45) is 0 Å². The van der Waals surface area contributed by atoms with Crippen LogP contribution < -0.4 is 0 Å². The minimum Gasteiger partial charge on any atom is -0.507 e. The van der Waals surface area contributed by atoms with E-state index < -0.39 is 0 Å². The largest absolute Gasteiger partial charge is 0.507 e. The molecule has 2 aromatic heterocycles. The Hall–Kier alpha value is -6.61. The van der Waals surface area contributed by atoms with E-state index in [1.165, 1.54) is 21.9 Å². The van der Waals surface area contributed by atoms with Gasteiger partial charge in [0.2, 0.25) is 0 Å². The Balaban J connectivity index is 0.00000518. The number of imidazole rings is 1. The van der Waals surface area contributed by atoms with E-state index in [9.17, 15) is 5.11 Å². The molecule has 2 heterocycles. The topological polar surface area (TPSA) is 50.9 Å². The fourth-order valence-corrected chi connectivity index (χ4v) is 9.04. The van der Waals surface area contributed by atoms with Crippen molar-refractivity contribution in [1.82, 2.24) is 14.5 Å². The summed E-state index contributed by atoms with van der Waals surface area (Å²) < 4.78 is 2.23. The first-order valence-corrected chi connectivity index (χ1v) is 21.8. The molecule has 0 spiro atoms. The van der Waals surface area contributed by atoms with Crippen LogP contribution in [-0.2, 0) is 31.9 Å². The molecule has 5 heteroatoms. The van der Waals surface area contributed by atoms with Gasteiger partial charge in [-0.3, -0.25) is 9.55 Å². The first-order chi connectivity index (χ1) is 30.3. The molecule has 0 atom stereocenters. The summed E-state index contributed by atoms with van der Waals surface area (Å²) in [4.78, 5) is 10.6. The van der Waals surface area contributed by atoms with Crippen molar-refractivity contribution in [3.63, 3.8) is 0 Å². The molecule has 4 nitrogen and oxygen atoms in total. The maximum absolute atomic E-state index is 11.7. The van der Waals surface area contributed by atoms with Gasteiger partial charge < -0.3 is 5.11 Å². The minimum absolute atomic E-state index is 0. The number of aromatic nitrogens is 3. The molecule has 0 fully saturated rings. The molecule has 0 aliphatic rings. The van der Waals surface area contributed by atoms with Crippen LogP contribution in [0.3, 0.4) is 0 Å². The van der Waals surface area contributed by atoms with Gasteiger partial charge in [0.05, 0.1) is 16.6 Å². The molecule has 8 aromatic carbocycles. The second-order valence-corrected chi connectivity index (χ2v) is 18.8. The van der Waals surface area contributed by atoms with Crippen LogP contribution in [0.5, 0.6) is 5.75 Å². The van der Waals surface area contributed by atoms with Crippen molar-refractivity contribution in [2.75, 3.05) is 0 Å². The number of aryl methyl sites for hydroxylation is 1. The number of hydrogen-bond acceptors (Lipinski definition) is 3. The Morgan fingerprint density at radius 2 is 1.19 bits per heavy atom. The monoisotopic (exact) mass is 1010 g/mol. The first kappa shape index (κ1) is 42.7. The average Bonchev–Trinajstić information content (AvgIpc) is 3.67. The summed E-state index contributed by atoms with van der Waals surface area (Å²) in [6.07, 6.45) is 1.91. The minimum atomic E-state index is -0.146. The van der Waals surface area contributed by atoms with Gasteiger partial charge in [0.25, 0.3) is 0 Å². The SMILES string of the molecule is Cc1ccnc2c(-c3[c-]c(-c4cc(-c5cccc6ccccc56)cc5c4nc(-c4cc(C(C)(C)C)ccc4O)n5-c4ccc(C(C)(C)C)cc4)ccc3)ccc(-c3ccccc3)c12.[Pt]. The molecule has 0 bridgehead atoms. The molecular formula is C59H50N3OPt-. The van der Waals surface area contributed by atoms with Crippen molar-refractivity contribution in [2.45, 2.75) is 59.3 Å². The zero-order valence-corrected chi connectivity index (χ0v) is 39.5. The van der Waals surface area contributed by atoms with Crippen LogP contribution in [0.1, 0.15) is 58.2 Å². The van der Waals surface area contributed by atoms with Gasteiger partial charge in [0.1, 0.15) is 11.6 Å². The van der Waals surface area contributed by atoms with Crippen LogP contribution in [0.25, 0.3) is 94.3 Å². The normalized spacial score (nSPS) is 11.9. The second kappa shape index (κ2) is 16.5. The van der Waals surface area contributed by atoms with E-state index in [1.807, 2.05) is 18.3 Å².